The lowest BCUT2D eigenvalue weighted by molar-refractivity contribution is 0.111. The van der Waals surface area contributed by atoms with Crippen molar-refractivity contribution in [2.45, 2.75) is 0 Å². The molecule has 1 heterocycles. The van der Waals surface area contributed by atoms with Crippen LogP contribution in [0.4, 0.5) is 0 Å². The smallest absolute Gasteiger partial charge is 0.269 e. The SMILES string of the molecule is Cn1c(C=O)ccc(Cl)c1=O. The number of carbonyl (C=O) groups is 1. The molecule has 3 nitrogen and oxygen atoms in total. The first-order chi connectivity index (χ1) is 5.16. The van der Waals surface area contributed by atoms with Crippen LogP contribution >= 0.6 is 11.6 Å². The minimum atomic E-state index is -0.351. The Bertz CT molecular complexity index is 343. The molecule has 0 radical (unpaired) electrons. The van der Waals surface area contributed by atoms with Crippen LogP contribution in [0.2, 0.25) is 5.02 Å². The van der Waals surface area contributed by atoms with E-state index in [1.807, 2.05) is 0 Å². The molecule has 1 aromatic heterocycles. The fraction of sp³-hybridized carbons (Fsp3) is 0.143. The molecule has 1 rings (SSSR count). The van der Waals surface area contributed by atoms with E-state index in [4.69, 9.17) is 11.6 Å². The maximum atomic E-state index is 11.0. The maximum Gasteiger partial charge on any atom is 0.269 e. The molecule has 1 aromatic rings. The van der Waals surface area contributed by atoms with E-state index < -0.39 is 0 Å². The van der Waals surface area contributed by atoms with Crippen LogP contribution in [0.25, 0.3) is 0 Å². The summed E-state index contributed by atoms with van der Waals surface area (Å²) in [6.07, 6.45) is 0.609. The normalized spacial score (nSPS) is 9.64. The van der Waals surface area contributed by atoms with Crippen molar-refractivity contribution < 1.29 is 4.79 Å². The van der Waals surface area contributed by atoms with E-state index in [1.165, 1.54) is 23.7 Å². The molecule has 0 saturated heterocycles. The fourth-order valence-corrected chi connectivity index (χ4v) is 0.927. The van der Waals surface area contributed by atoms with Crippen molar-refractivity contribution in [2.75, 3.05) is 0 Å². The molecule has 0 fully saturated rings. The van der Waals surface area contributed by atoms with Gasteiger partial charge in [0.15, 0.2) is 6.29 Å². The summed E-state index contributed by atoms with van der Waals surface area (Å²) in [5, 5.41) is 0.123. The summed E-state index contributed by atoms with van der Waals surface area (Å²) in [6, 6.07) is 2.91. The van der Waals surface area contributed by atoms with Crippen LogP contribution in [0.3, 0.4) is 0 Å². The lowest BCUT2D eigenvalue weighted by Crippen LogP contribution is -2.19. The summed E-state index contributed by atoms with van der Waals surface area (Å²) in [4.78, 5) is 21.3. The molecule has 0 aliphatic carbocycles. The largest absolute Gasteiger partial charge is 0.308 e. The number of aldehydes is 1. The van der Waals surface area contributed by atoms with Crippen LogP contribution in [0.1, 0.15) is 10.5 Å². The summed E-state index contributed by atoms with van der Waals surface area (Å²) in [5.74, 6) is 0. The molecule has 0 aliphatic heterocycles. The fourth-order valence-electron chi connectivity index (χ4n) is 0.737. The van der Waals surface area contributed by atoms with E-state index in [-0.39, 0.29) is 10.6 Å². The predicted molar refractivity (Wildman–Crippen MR) is 42.1 cm³/mol. The van der Waals surface area contributed by atoms with E-state index >= 15 is 0 Å². The van der Waals surface area contributed by atoms with Crippen molar-refractivity contribution in [1.29, 1.82) is 0 Å². The molecule has 0 aliphatic rings. The number of pyridine rings is 1. The van der Waals surface area contributed by atoms with E-state index in [9.17, 15) is 9.59 Å². The highest BCUT2D eigenvalue weighted by molar-refractivity contribution is 6.30. The summed E-state index contributed by atoms with van der Waals surface area (Å²) in [7, 11) is 1.50. The van der Waals surface area contributed by atoms with E-state index in [1.54, 1.807) is 0 Å². The zero-order valence-electron chi connectivity index (χ0n) is 5.87. The van der Waals surface area contributed by atoms with Crippen molar-refractivity contribution in [2.24, 2.45) is 7.05 Å². The second kappa shape index (κ2) is 2.88. The van der Waals surface area contributed by atoms with Gasteiger partial charge in [-0.1, -0.05) is 11.6 Å². The third kappa shape index (κ3) is 1.33. The van der Waals surface area contributed by atoms with Crippen LogP contribution in [-0.4, -0.2) is 10.9 Å². The number of aromatic nitrogens is 1. The molecule has 4 heteroatoms. The van der Waals surface area contributed by atoms with Gasteiger partial charge in [-0.2, -0.15) is 0 Å². The van der Waals surface area contributed by atoms with Gasteiger partial charge in [0.1, 0.15) is 5.02 Å². The third-order valence-electron chi connectivity index (χ3n) is 1.42. The van der Waals surface area contributed by atoms with Gasteiger partial charge < -0.3 is 4.57 Å². The van der Waals surface area contributed by atoms with Crippen LogP contribution < -0.4 is 5.56 Å². The molecule has 0 bridgehead atoms. The first kappa shape index (κ1) is 8.01. The molecule has 58 valence electrons. The minimum absolute atomic E-state index is 0.123. The summed E-state index contributed by atoms with van der Waals surface area (Å²) in [6.45, 7) is 0. The summed E-state index contributed by atoms with van der Waals surface area (Å²) >= 11 is 5.49. The molecular formula is C7H6ClNO2. The zero-order chi connectivity index (χ0) is 8.43. The Kier molecular flexibility index (Phi) is 2.10. The number of nitrogens with zero attached hydrogens (tertiary/aromatic N) is 1. The molecule has 0 amide bonds. The molecular weight excluding hydrogens is 166 g/mol. The van der Waals surface area contributed by atoms with Gasteiger partial charge in [0.25, 0.3) is 5.56 Å². The molecule has 0 spiro atoms. The van der Waals surface area contributed by atoms with Gasteiger partial charge in [-0.15, -0.1) is 0 Å². The van der Waals surface area contributed by atoms with E-state index in [2.05, 4.69) is 0 Å². The van der Waals surface area contributed by atoms with Gasteiger partial charge in [0.2, 0.25) is 0 Å². The maximum absolute atomic E-state index is 11.0. The number of rotatable bonds is 1. The van der Waals surface area contributed by atoms with Crippen LogP contribution in [-0.2, 0) is 7.05 Å². The van der Waals surface area contributed by atoms with E-state index in [0.717, 1.165) is 0 Å². The highest BCUT2D eigenvalue weighted by Crippen LogP contribution is 2.00. The summed E-state index contributed by atoms with van der Waals surface area (Å²) in [5.41, 5.74) is -0.0318. The van der Waals surface area contributed by atoms with Crippen LogP contribution in [0.5, 0.6) is 0 Å². The quantitative estimate of drug-likeness (QED) is 0.588. The first-order valence-electron chi connectivity index (χ1n) is 2.97. The Morgan fingerprint density at radius 2 is 2.18 bits per heavy atom. The molecule has 0 atom stereocenters. The second-order valence-electron chi connectivity index (χ2n) is 2.09. The van der Waals surface area contributed by atoms with Crippen molar-refractivity contribution in [3.63, 3.8) is 0 Å². The number of hydrogen-bond donors (Lipinski definition) is 0. The topological polar surface area (TPSA) is 39.1 Å². The Labute approximate surface area is 68.2 Å². The molecule has 0 N–H and O–H groups in total. The third-order valence-corrected chi connectivity index (χ3v) is 1.71. The minimum Gasteiger partial charge on any atom is -0.308 e. The second-order valence-corrected chi connectivity index (χ2v) is 2.50. The Hall–Kier alpha value is -1.09. The Morgan fingerprint density at radius 3 is 2.73 bits per heavy atom. The Balaban J connectivity index is 3.49. The lowest BCUT2D eigenvalue weighted by atomic mass is 10.3. The van der Waals surface area contributed by atoms with Crippen LogP contribution in [0.15, 0.2) is 16.9 Å². The molecule has 0 saturated carbocycles. The molecule has 11 heavy (non-hydrogen) atoms. The highest BCUT2D eigenvalue weighted by atomic mass is 35.5. The van der Waals surface area contributed by atoms with Crippen molar-refractivity contribution in [1.82, 2.24) is 4.57 Å². The molecule has 0 aromatic carbocycles. The van der Waals surface area contributed by atoms with Gasteiger partial charge in [-0.3, -0.25) is 9.59 Å². The Morgan fingerprint density at radius 1 is 1.55 bits per heavy atom. The van der Waals surface area contributed by atoms with E-state index in [0.29, 0.717) is 12.0 Å². The van der Waals surface area contributed by atoms with Crippen LogP contribution in [0, 0.1) is 0 Å². The van der Waals surface area contributed by atoms with Crippen molar-refractivity contribution in [3.05, 3.63) is 33.2 Å². The van der Waals surface area contributed by atoms with Gasteiger partial charge in [0, 0.05) is 7.05 Å². The summed E-state index contributed by atoms with van der Waals surface area (Å²) < 4.78 is 1.20. The number of carbonyl (C=O) groups excluding carboxylic acids is 1. The van der Waals surface area contributed by atoms with Gasteiger partial charge >= 0.3 is 0 Å². The van der Waals surface area contributed by atoms with Gasteiger partial charge in [-0.05, 0) is 12.1 Å². The monoisotopic (exact) mass is 171 g/mol. The van der Waals surface area contributed by atoms with Gasteiger partial charge in [0.05, 0.1) is 5.69 Å². The zero-order valence-corrected chi connectivity index (χ0v) is 6.63. The highest BCUT2D eigenvalue weighted by Gasteiger charge is 2.00. The van der Waals surface area contributed by atoms with Gasteiger partial charge in [-0.25, -0.2) is 0 Å². The molecule has 0 unspecified atom stereocenters. The average molecular weight is 172 g/mol. The standard InChI is InChI=1S/C7H6ClNO2/c1-9-5(4-10)2-3-6(8)7(9)11/h2-4H,1H3. The number of hydrogen-bond acceptors (Lipinski definition) is 2. The van der Waals surface area contributed by atoms with Crippen molar-refractivity contribution in [3.8, 4) is 0 Å². The number of halogens is 1. The lowest BCUT2D eigenvalue weighted by Gasteiger charge is -1.99. The van der Waals surface area contributed by atoms with Crippen molar-refractivity contribution >= 4 is 17.9 Å². The average Bonchev–Trinajstić information content (AvgIpc) is 2.01. The predicted octanol–water partition coefficient (Wildman–Crippen LogP) is 0.851. The first-order valence-corrected chi connectivity index (χ1v) is 3.35.